The first-order valence-electron chi connectivity index (χ1n) is 6.37. The smallest absolute Gasteiger partial charge is 0.321 e. The van der Waals surface area contributed by atoms with Crippen molar-refractivity contribution in [2.75, 3.05) is 20.3 Å². The number of carboxylic acid groups (broad SMARTS) is 1. The first kappa shape index (κ1) is 17.4. The van der Waals surface area contributed by atoms with Crippen LogP contribution >= 0.6 is 0 Å². The zero-order valence-corrected chi connectivity index (χ0v) is 12.7. The SMILES string of the molecule is CC[C@H](NS(=O)(=O)c1ccc(OCCOC)cc1)C(=O)O. The molecular weight excluding hydrogens is 298 g/mol. The summed E-state index contributed by atoms with van der Waals surface area (Å²) in [6, 6.07) is 4.59. The Morgan fingerprint density at radius 1 is 1.29 bits per heavy atom. The van der Waals surface area contributed by atoms with Crippen molar-refractivity contribution in [2.24, 2.45) is 0 Å². The topological polar surface area (TPSA) is 102 Å². The highest BCUT2D eigenvalue weighted by Gasteiger charge is 2.23. The number of carboxylic acids is 1. The van der Waals surface area contributed by atoms with Crippen molar-refractivity contribution in [3.8, 4) is 5.75 Å². The standard InChI is InChI=1S/C13H19NO6S/c1-3-12(13(15)16)14-21(17,18)11-6-4-10(5-7-11)20-9-8-19-2/h4-7,12,14H,3,8-9H2,1-2H3,(H,15,16)/t12-/m0/s1. The van der Waals surface area contributed by atoms with E-state index in [9.17, 15) is 13.2 Å². The number of carbonyl (C=O) groups is 1. The van der Waals surface area contributed by atoms with Crippen LogP contribution in [0.4, 0.5) is 0 Å². The predicted molar refractivity (Wildman–Crippen MR) is 75.8 cm³/mol. The number of methoxy groups -OCH3 is 1. The summed E-state index contributed by atoms with van der Waals surface area (Å²) in [7, 11) is -2.32. The monoisotopic (exact) mass is 317 g/mol. The van der Waals surface area contributed by atoms with Gasteiger partial charge in [0.2, 0.25) is 10.0 Å². The normalized spacial score (nSPS) is 12.9. The van der Waals surface area contributed by atoms with Crippen molar-refractivity contribution >= 4 is 16.0 Å². The molecule has 8 heteroatoms. The number of hydrogen-bond donors (Lipinski definition) is 2. The van der Waals surface area contributed by atoms with Crippen LogP contribution in [-0.4, -0.2) is 45.9 Å². The van der Waals surface area contributed by atoms with Gasteiger partial charge >= 0.3 is 5.97 Å². The first-order chi connectivity index (χ1) is 9.90. The summed E-state index contributed by atoms with van der Waals surface area (Å²) in [5.74, 6) is -0.697. The minimum Gasteiger partial charge on any atom is -0.491 e. The fraction of sp³-hybridized carbons (Fsp3) is 0.462. The number of benzene rings is 1. The molecule has 0 saturated carbocycles. The molecule has 7 nitrogen and oxygen atoms in total. The van der Waals surface area contributed by atoms with Gasteiger partial charge < -0.3 is 14.6 Å². The van der Waals surface area contributed by atoms with Gasteiger partial charge in [-0.2, -0.15) is 4.72 Å². The van der Waals surface area contributed by atoms with Crippen LogP contribution in [0.5, 0.6) is 5.75 Å². The molecule has 0 aromatic heterocycles. The third-order valence-electron chi connectivity index (χ3n) is 2.69. The lowest BCUT2D eigenvalue weighted by Crippen LogP contribution is -2.40. The number of sulfonamides is 1. The molecule has 0 fully saturated rings. The molecule has 2 N–H and O–H groups in total. The highest BCUT2D eigenvalue weighted by molar-refractivity contribution is 7.89. The van der Waals surface area contributed by atoms with Crippen LogP contribution in [0, 0.1) is 0 Å². The Labute approximate surface area is 123 Å². The fourth-order valence-corrected chi connectivity index (χ4v) is 2.79. The summed E-state index contributed by atoms with van der Waals surface area (Å²) in [5, 5.41) is 8.89. The Morgan fingerprint density at radius 2 is 1.90 bits per heavy atom. The van der Waals surface area contributed by atoms with E-state index in [1.54, 1.807) is 14.0 Å². The van der Waals surface area contributed by atoms with Crippen molar-refractivity contribution in [3.63, 3.8) is 0 Å². The van der Waals surface area contributed by atoms with Crippen LogP contribution < -0.4 is 9.46 Å². The van der Waals surface area contributed by atoms with Gasteiger partial charge in [0, 0.05) is 7.11 Å². The van der Waals surface area contributed by atoms with E-state index in [-0.39, 0.29) is 11.3 Å². The molecule has 0 saturated heterocycles. The molecule has 0 radical (unpaired) electrons. The van der Waals surface area contributed by atoms with Crippen LogP contribution in [0.3, 0.4) is 0 Å². The first-order valence-corrected chi connectivity index (χ1v) is 7.86. The average molecular weight is 317 g/mol. The van der Waals surface area contributed by atoms with Gasteiger partial charge in [-0.05, 0) is 30.7 Å². The van der Waals surface area contributed by atoms with Gasteiger partial charge in [0.1, 0.15) is 18.4 Å². The number of nitrogens with one attached hydrogen (secondary N) is 1. The molecule has 21 heavy (non-hydrogen) atoms. The summed E-state index contributed by atoms with van der Waals surface area (Å²) >= 11 is 0. The van der Waals surface area contributed by atoms with E-state index >= 15 is 0 Å². The van der Waals surface area contributed by atoms with Crippen molar-refractivity contribution in [2.45, 2.75) is 24.3 Å². The van der Waals surface area contributed by atoms with E-state index in [1.165, 1.54) is 24.3 Å². The summed E-state index contributed by atoms with van der Waals surface area (Å²) in [6.45, 7) is 2.38. The second kappa shape index (κ2) is 7.96. The predicted octanol–water partition coefficient (Wildman–Crippen LogP) is 0.853. The molecule has 0 aliphatic heterocycles. The van der Waals surface area contributed by atoms with Crippen molar-refractivity contribution in [1.29, 1.82) is 0 Å². The number of aliphatic carboxylic acids is 1. The highest BCUT2D eigenvalue weighted by atomic mass is 32.2. The number of hydrogen-bond acceptors (Lipinski definition) is 5. The maximum absolute atomic E-state index is 12.0. The van der Waals surface area contributed by atoms with Crippen LogP contribution in [0.1, 0.15) is 13.3 Å². The molecule has 0 bridgehead atoms. The summed E-state index contributed by atoms with van der Waals surface area (Å²) in [5.41, 5.74) is 0. The third kappa shape index (κ3) is 5.33. The van der Waals surface area contributed by atoms with Crippen molar-refractivity contribution < 1.29 is 27.8 Å². The van der Waals surface area contributed by atoms with Gasteiger partial charge in [-0.15, -0.1) is 0 Å². The highest BCUT2D eigenvalue weighted by Crippen LogP contribution is 2.16. The van der Waals surface area contributed by atoms with Gasteiger partial charge in [0.25, 0.3) is 0 Å². The van der Waals surface area contributed by atoms with Crippen molar-refractivity contribution in [1.82, 2.24) is 4.72 Å². The van der Waals surface area contributed by atoms with Crippen LogP contribution in [0.15, 0.2) is 29.2 Å². The fourth-order valence-electron chi connectivity index (χ4n) is 1.52. The third-order valence-corrected chi connectivity index (χ3v) is 4.18. The second-order valence-electron chi connectivity index (χ2n) is 4.23. The van der Waals surface area contributed by atoms with Gasteiger partial charge in [-0.25, -0.2) is 8.42 Å². The van der Waals surface area contributed by atoms with Crippen molar-refractivity contribution in [3.05, 3.63) is 24.3 Å². The lowest BCUT2D eigenvalue weighted by atomic mass is 10.2. The van der Waals surface area contributed by atoms with Gasteiger partial charge in [-0.3, -0.25) is 4.79 Å². The quantitative estimate of drug-likeness (QED) is 0.655. The Morgan fingerprint density at radius 3 is 2.38 bits per heavy atom. The number of ether oxygens (including phenoxy) is 2. The van der Waals surface area contributed by atoms with Gasteiger partial charge in [0.05, 0.1) is 11.5 Å². The Bertz CT molecular complexity index is 555. The molecule has 0 heterocycles. The number of rotatable bonds is 9. The lowest BCUT2D eigenvalue weighted by molar-refractivity contribution is -0.139. The second-order valence-corrected chi connectivity index (χ2v) is 5.95. The minimum atomic E-state index is -3.87. The van der Waals surface area contributed by atoms with E-state index in [1.807, 2.05) is 0 Å². The summed E-state index contributed by atoms with van der Waals surface area (Å²) in [6.07, 6.45) is 0.159. The average Bonchev–Trinajstić information content (AvgIpc) is 2.45. The molecule has 118 valence electrons. The molecule has 1 aromatic rings. The Hall–Kier alpha value is -1.64. The molecule has 0 aliphatic rings. The molecule has 1 rings (SSSR count). The largest absolute Gasteiger partial charge is 0.491 e. The van der Waals surface area contributed by atoms with E-state index in [0.717, 1.165) is 0 Å². The Kier molecular flexibility index (Phi) is 6.60. The molecule has 1 aromatic carbocycles. The Balaban J connectivity index is 2.77. The van der Waals surface area contributed by atoms with E-state index in [4.69, 9.17) is 14.6 Å². The van der Waals surface area contributed by atoms with Gasteiger partial charge in [0.15, 0.2) is 0 Å². The molecule has 0 unspecified atom stereocenters. The van der Waals surface area contributed by atoms with Crippen LogP contribution in [0.2, 0.25) is 0 Å². The zero-order chi connectivity index (χ0) is 15.9. The van der Waals surface area contributed by atoms with E-state index < -0.39 is 22.0 Å². The van der Waals surface area contributed by atoms with Crippen LogP contribution in [-0.2, 0) is 19.6 Å². The van der Waals surface area contributed by atoms with Crippen LogP contribution in [0.25, 0.3) is 0 Å². The molecule has 0 amide bonds. The molecular formula is C13H19NO6S. The summed E-state index contributed by atoms with van der Waals surface area (Å²) < 4.78 is 36.4. The van der Waals surface area contributed by atoms with Gasteiger partial charge in [-0.1, -0.05) is 6.92 Å². The lowest BCUT2D eigenvalue weighted by Gasteiger charge is -2.13. The summed E-state index contributed by atoms with van der Waals surface area (Å²) in [4.78, 5) is 10.9. The molecule has 0 spiro atoms. The van der Waals surface area contributed by atoms with E-state index in [2.05, 4.69) is 4.72 Å². The maximum Gasteiger partial charge on any atom is 0.321 e. The minimum absolute atomic E-state index is 0.0127. The maximum atomic E-state index is 12.0. The molecule has 0 aliphatic carbocycles. The van der Waals surface area contributed by atoms with E-state index in [0.29, 0.717) is 19.0 Å². The molecule has 1 atom stereocenters. The zero-order valence-electron chi connectivity index (χ0n) is 11.9.